The van der Waals surface area contributed by atoms with E-state index in [0.717, 1.165) is 0 Å². The molecule has 0 aliphatic carbocycles. The molecule has 0 spiro atoms. The molecule has 0 saturated heterocycles. The van der Waals surface area contributed by atoms with Crippen molar-refractivity contribution >= 4 is 6.09 Å². The second-order valence-electron chi connectivity index (χ2n) is 2.99. The average molecular weight is 177 g/mol. The highest BCUT2D eigenvalue weighted by Crippen LogP contribution is 2.12. The fraction of sp³-hybridized carbons (Fsp3) is 0.857. The van der Waals surface area contributed by atoms with E-state index < -0.39 is 17.7 Å². The number of nitrogens with one attached hydrogen (secondary N) is 1. The molecular weight excluding hydrogens is 162 g/mol. The summed E-state index contributed by atoms with van der Waals surface area (Å²) in [6, 6.07) is -0.611. The maximum atomic E-state index is 10.3. The molecule has 0 aromatic rings. The van der Waals surface area contributed by atoms with Crippen molar-refractivity contribution in [3.63, 3.8) is 0 Å². The van der Waals surface area contributed by atoms with Gasteiger partial charge in [0, 0.05) is 7.11 Å². The number of hydrogen-bond donors (Lipinski definition) is 3. The summed E-state index contributed by atoms with van der Waals surface area (Å²) < 4.78 is 5.01. The fourth-order valence-corrected chi connectivity index (χ4v) is 0.731. The van der Waals surface area contributed by atoms with Crippen LogP contribution in [0.15, 0.2) is 0 Å². The lowest BCUT2D eigenvalue weighted by Crippen LogP contribution is -2.52. The molecule has 5 nitrogen and oxygen atoms in total. The summed E-state index contributed by atoms with van der Waals surface area (Å²) >= 11 is 0. The summed E-state index contributed by atoms with van der Waals surface area (Å²) in [7, 11) is 1.46. The molecule has 0 aromatic heterocycles. The number of aliphatic hydroxyl groups is 1. The van der Waals surface area contributed by atoms with Crippen molar-refractivity contribution in [3.05, 3.63) is 0 Å². The van der Waals surface area contributed by atoms with E-state index in [1.165, 1.54) is 7.11 Å². The highest BCUT2D eigenvalue weighted by atomic mass is 16.5. The Bertz CT molecular complexity index is 157. The first-order valence-electron chi connectivity index (χ1n) is 3.59. The average Bonchev–Trinajstić information content (AvgIpc) is 1.99. The number of aliphatic hydroxyl groups excluding tert-OH is 1. The molecule has 0 aliphatic heterocycles. The molecule has 0 fully saturated rings. The van der Waals surface area contributed by atoms with Crippen LogP contribution in [0.2, 0.25) is 0 Å². The van der Waals surface area contributed by atoms with Gasteiger partial charge in [-0.2, -0.15) is 0 Å². The predicted octanol–water partition coefficient (Wildman–Crippen LogP) is 0.0399. The third kappa shape index (κ3) is 3.06. The van der Waals surface area contributed by atoms with Gasteiger partial charge >= 0.3 is 6.09 Å². The molecule has 72 valence electrons. The predicted molar refractivity (Wildman–Crippen MR) is 43.1 cm³/mol. The molecule has 1 unspecified atom stereocenters. The Morgan fingerprint density at radius 2 is 2.17 bits per heavy atom. The molecule has 3 N–H and O–H groups in total. The zero-order valence-corrected chi connectivity index (χ0v) is 7.50. The molecule has 0 bridgehead atoms. The van der Waals surface area contributed by atoms with Gasteiger partial charge < -0.3 is 20.3 Å². The quantitative estimate of drug-likeness (QED) is 0.566. The molecule has 1 atom stereocenters. The fourth-order valence-electron chi connectivity index (χ4n) is 0.731. The van der Waals surface area contributed by atoms with Crippen LogP contribution in [0.5, 0.6) is 0 Å². The Balaban J connectivity index is 4.23. The summed E-state index contributed by atoms with van der Waals surface area (Å²) in [4.78, 5) is 10.3. The molecule has 0 rings (SSSR count). The van der Waals surface area contributed by atoms with E-state index in [4.69, 9.17) is 14.9 Å². The topological polar surface area (TPSA) is 78.8 Å². The summed E-state index contributed by atoms with van der Waals surface area (Å²) in [6.45, 7) is 3.11. The van der Waals surface area contributed by atoms with Crippen LogP contribution in [-0.2, 0) is 4.74 Å². The van der Waals surface area contributed by atoms with Crippen LogP contribution >= 0.6 is 0 Å². The molecular formula is C7H15NO4. The van der Waals surface area contributed by atoms with Crippen molar-refractivity contribution in [2.45, 2.75) is 25.5 Å². The number of methoxy groups -OCH3 is 1. The maximum absolute atomic E-state index is 10.3. The van der Waals surface area contributed by atoms with Gasteiger partial charge in [-0.15, -0.1) is 0 Å². The van der Waals surface area contributed by atoms with Crippen LogP contribution in [0.25, 0.3) is 0 Å². The third-order valence-electron chi connectivity index (χ3n) is 1.85. The van der Waals surface area contributed by atoms with E-state index in [1.807, 2.05) is 0 Å². The zero-order chi connectivity index (χ0) is 9.78. The molecule has 12 heavy (non-hydrogen) atoms. The third-order valence-corrected chi connectivity index (χ3v) is 1.85. The maximum Gasteiger partial charge on any atom is 0.405 e. The highest BCUT2D eigenvalue weighted by Gasteiger charge is 2.29. The van der Waals surface area contributed by atoms with Gasteiger partial charge in [0.25, 0.3) is 0 Å². The van der Waals surface area contributed by atoms with Crippen molar-refractivity contribution in [1.29, 1.82) is 0 Å². The SMILES string of the molecule is COC(C)(C)C(CO)NC(=O)O. The number of hydrogen-bond acceptors (Lipinski definition) is 3. The van der Waals surface area contributed by atoms with E-state index in [9.17, 15) is 4.79 Å². The standard InChI is InChI=1S/C7H15NO4/c1-7(2,12-3)5(4-9)8-6(10)11/h5,8-9H,4H2,1-3H3,(H,10,11). The smallest absolute Gasteiger partial charge is 0.405 e. The summed E-state index contributed by atoms with van der Waals surface area (Å²) in [5, 5.41) is 19.4. The van der Waals surface area contributed by atoms with E-state index in [-0.39, 0.29) is 6.61 Å². The van der Waals surface area contributed by atoms with Crippen LogP contribution < -0.4 is 5.32 Å². The molecule has 0 saturated carbocycles. The van der Waals surface area contributed by atoms with Crippen LogP contribution in [-0.4, -0.2) is 41.7 Å². The van der Waals surface area contributed by atoms with E-state index >= 15 is 0 Å². The number of carboxylic acid groups (broad SMARTS) is 1. The molecule has 0 heterocycles. The normalized spacial score (nSPS) is 14.0. The van der Waals surface area contributed by atoms with Crippen LogP contribution in [0, 0.1) is 0 Å². The van der Waals surface area contributed by atoms with Gasteiger partial charge in [-0.25, -0.2) is 4.79 Å². The summed E-state index contributed by atoms with van der Waals surface area (Å²) in [5.41, 5.74) is -0.701. The summed E-state index contributed by atoms with van der Waals surface area (Å²) in [6.07, 6.45) is -1.17. The van der Waals surface area contributed by atoms with Gasteiger partial charge in [0.15, 0.2) is 0 Å². The van der Waals surface area contributed by atoms with Crippen molar-refractivity contribution in [2.24, 2.45) is 0 Å². The first kappa shape index (κ1) is 11.2. The number of rotatable bonds is 4. The second kappa shape index (κ2) is 4.27. The molecule has 0 aromatic carbocycles. The Kier molecular flexibility index (Phi) is 3.99. The van der Waals surface area contributed by atoms with Crippen molar-refractivity contribution in [3.8, 4) is 0 Å². The van der Waals surface area contributed by atoms with Gasteiger partial charge in [0.05, 0.1) is 18.2 Å². The summed E-state index contributed by atoms with van der Waals surface area (Å²) in [5.74, 6) is 0. The van der Waals surface area contributed by atoms with Gasteiger partial charge in [-0.3, -0.25) is 0 Å². The molecule has 0 aliphatic rings. The lowest BCUT2D eigenvalue weighted by atomic mass is 10.00. The Morgan fingerprint density at radius 3 is 2.42 bits per heavy atom. The van der Waals surface area contributed by atoms with Crippen LogP contribution in [0.3, 0.4) is 0 Å². The number of amides is 1. The van der Waals surface area contributed by atoms with E-state index in [1.54, 1.807) is 13.8 Å². The van der Waals surface area contributed by atoms with Gasteiger partial charge in [0.2, 0.25) is 0 Å². The lowest BCUT2D eigenvalue weighted by molar-refractivity contribution is -0.0241. The van der Waals surface area contributed by atoms with Crippen molar-refractivity contribution in [2.75, 3.05) is 13.7 Å². The lowest BCUT2D eigenvalue weighted by Gasteiger charge is -2.31. The monoisotopic (exact) mass is 177 g/mol. The molecule has 1 amide bonds. The van der Waals surface area contributed by atoms with Crippen LogP contribution in [0.4, 0.5) is 4.79 Å². The van der Waals surface area contributed by atoms with Crippen LogP contribution in [0.1, 0.15) is 13.8 Å². The van der Waals surface area contributed by atoms with E-state index in [2.05, 4.69) is 5.32 Å². The Labute approximate surface area is 71.3 Å². The first-order valence-corrected chi connectivity index (χ1v) is 3.59. The zero-order valence-electron chi connectivity index (χ0n) is 7.50. The molecule has 5 heteroatoms. The van der Waals surface area contributed by atoms with E-state index in [0.29, 0.717) is 0 Å². The van der Waals surface area contributed by atoms with Gasteiger partial charge in [-0.05, 0) is 13.8 Å². The van der Waals surface area contributed by atoms with Gasteiger partial charge in [-0.1, -0.05) is 0 Å². The molecule has 0 radical (unpaired) electrons. The van der Waals surface area contributed by atoms with Crippen molar-refractivity contribution < 1.29 is 19.7 Å². The number of carbonyl (C=O) groups is 1. The van der Waals surface area contributed by atoms with Gasteiger partial charge in [0.1, 0.15) is 0 Å². The highest BCUT2D eigenvalue weighted by molar-refractivity contribution is 5.65. The largest absolute Gasteiger partial charge is 0.465 e. The second-order valence-corrected chi connectivity index (χ2v) is 2.99. The minimum atomic E-state index is -1.17. The minimum Gasteiger partial charge on any atom is -0.465 e. The number of ether oxygens (including phenoxy) is 1. The Morgan fingerprint density at radius 1 is 1.67 bits per heavy atom. The Hall–Kier alpha value is -0.810. The van der Waals surface area contributed by atoms with Crippen molar-refractivity contribution in [1.82, 2.24) is 5.32 Å². The minimum absolute atomic E-state index is 0.285. The first-order chi connectivity index (χ1) is 5.44.